The fourth-order valence-corrected chi connectivity index (χ4v) is 1.38. The number of hydrogen-bond donors (Lipinski definition) is 2. The van der Waals surface area contributed by atoms with Gasteiger partial charge < -0.3 is 10.4 Å². The minimum absolute atomic E-state index is 0.541. The number of carboxylic acid groups (broad SMARTS) is 1. The van der Waals surface area contributed by atoms with Crippen molar-refractivity contribution in [2.45, 2.75) is 24.8 Å². The summed E-state index contributed by atoms with van der Waals surface area (Å²) in [5.41, 5.74) is 0. The van der Waals surface area contributed by atoms with Gasteiger partial charge in [0.15, 0.2) is 0 Å². The van der Waals surface area contributed by atoms with Gasteiger partial charge in [-0.3, -0.25) is 4.79 Å². The number of carbonyl (C=O) groups is 1. The van der Waals surface area contributed by atoms with Crippen molar-refractivity contribution >= 4 is 5.97 Å². The first-order chi connectivity index (χ1) is 6.32. The highest BCUT2D eigenvalue weighted by Crippen LogP contribution is 2.33. The van der Waals surface area contributed by atoms with E-state index in [0.717, 1.165) is 0 Å². The van der Waals surface area contributed by atoms with E-state index in [4.69, 9.17) is 5.11 Å². The van der Waals surface area contributed by atoms with E-state index < -0.39 is 43.2 Å². The topological polar surface area (TPSA) is 49.3 Å². The van der Waals surface area contributed by atoms with Crippen molar-refractivity contribution < 1.29 is 27.5 Å². The second-order valence-corrected chi connectivity index (χ2v) is 3.21. The van der Waals surface area contributed by atoms with Crippen molar-refractivity contribution in [2.24, 2.45) is 5.92 Å². The lowest BCUT2D eigenvalue weighted by Crippen LogP contribution is -2.54. The Morgan fingerprint density at radius 2 is 2.00 bits per heavy atom. The van der Waals surface area contributed by atoms with Gasteiger partial charge in [-0.25, -0.2) is 4.39 Å². The number of nitrogens with one attached hydrogen (secondary N) is 1. The number of aliphatic carboxylic acids is 1. The third-order valence-electron chi connectivity index (χ3n) is 2.18. The maximum absolute atomic E-state index is 12.9. The second-order valence-electron chi connectivity index (χ2n) is 3.21. The van der Waals surface area contributed by atoms with Crippen LogP contribution in [0.5, 0.6) is 0 Å². The maximum Gasteiger partial charge on any atom is 0.393 e. The lowest BCUT2D eigenvalue weighted by atomic mass is 9.93. The molecule has 0 bridgehead atoms. The molecule has 0 spiro atoms. The minimum Gasteiger partial charge on any atom is -0.480 e. The van der Waals surface area contributed by atoms with Gasteiger partial charge in [0.05, 0.1) is 5.92 Å². The molecule has 1 aliphatic rings. The number of piperidine rings is 1. The normalized spacial score (nSPS) is 34.1. The summed E-state index contributed by atoms with van der Waals surface area (Å²) in [6.07, 6.45) is -7.25. The van der Waals surface area contributed by atoms with Gasteiger partial charge in [0.2, 0.25) is 0 Å². The molecule has 3 nitrogen and oxygen atoms in total. The van der Waals surface area contributed by atoms with Gasteiger partial charge in [-0.1, -0.05) is 0 Å². The summed E-state index contributed by atoms with van der Waals surface area (Å²) in [5.74, 6) is -3.26. The largest absolute Gasteiger partial charge is 0.480 e. The Balaban J connectivity index is 2.60. The summed E-state index contributed by atoms with van der Waals surface area (Å²) in [6, 6.07) is -1.52. The lowest BCUT2D eigenvalue weighted by Gasteiger charge is -2.31. The van der Waals surface area contributed by atoms with Crippen molar-refractivity contribution in [3.63, 3.8) is 0 Å². The Kier molecular flexibility index (Phi) is 2.98. The van der Waals surface area contributed by atoms with E-state index in [1.54, 1.807) is 0 Å². The number of rotatable bonds is 1. The first kappa shape index (κ1) is 11.2. The van der Waals surface area contributed by atoms with Crippen molar-refractivity contribution in [1.29, 1.82) is 0 Å². The average Bonchev–Trinajstić information content (AvgIpc) is 2.01. The highest BCUT2D eigenvalue weighted by Gasteiger charge is 2.46. The summed E-state index contributed by atoms with van der Waals surface area (Å²) in [6.45, 7) is -0.541. The van der Waals surface area contributed by atoms with Gasteiger partial charge in [-0.2, -0.15) is 13.2 Å². The fourth-order valence-electron chi connectivity index (χ4n) is 1.38. The Bertz CT molecular complexity index is 230. The van der Waals surface area contributed by atoms with Crippen LogP contribution in [-0.4, -0.2) is 36.0 Å². The van der Waals surface area contributed by atoms with Crippen molar-refractivity contribution in [1.82, 2.24) is 5.32 Å². The average molecular weight is 215 g/mol. The summed E-state index contributed by atoms with van der Waals surface area (Å²) >= 11 is 0. The van der Waals surface area contributed by atoms with E-state index in [2.05, 4.69) is 0 Å². The lowest BCUT2D eigenvalue weighted by molar-refractivity contribution is -0.187. The molecule has 3 atom stereocenters. The molecule has 1 fully saturated rings. The summed E-state index contributed by atoms with van der Waals surface area (Å²) in [5, 5.41) is 10.4. The molecule has 1 heterocycles. The van der Waals surface area contributed by atoms with Crippen molar-refractivity contribution in [3.05, 3.63) is 0 Å². The van der Waals surface area contributed by atoms with Gasteiger partial charge in [0.1, 0.15) is 12.2 Å². The van der Waals surface area contributed by atoms with Crippen LogP contribution in [-0.2, 0) is 4.79 Å². The van der Waals surface area contributed by atoms with E-state index in [1.807, 2.05) is 5.32 Å². The van der Waals surface area contributed by atoms with Crippen LogP contribution < -0.4 is 5.32 Å². The molecular formula is C7H9F4NO2. The van der Waals surface area contributed by atoms with Crippen LogP contribution in [0.3, 0.4) is 0 Å². The third-order valence-corrected chi connectivity index (χ3v) is 2.18. The summed E-state index contributed by atoms with van der Waals surface area (Å²) < 4.78 is 49.2. The minimum atomic E-state index is -4.47. The molecule has 7 heteroatoms. The smallest absolute Gasteiger partial charge is 0.393 e. The molecule has 2 N–H and O–H groups in total. The SMILES string of the molecule is O=C(O)C1NCC(C(F)(F)F)CC1F. The molecule has 0 aromatic heterocycles. The van der Waals surface area contributed by atoms with Gasteiger partial charge in [0.25, 0.3) is 0 Å². The number of halogens is 4. The molecule has 0 aliphatic carbocycles. The first-order valence-corrected chi connectivity index (χ1v) is 3.99. The van der Waals surface area contributed by atoms with Gasteiger partial charge in [0, 0.05) is 6.54 Å². The number of alkyl halides is 4. The Labute approximate surface area is 77.1 Å². The third kappa shape index (κ3) is 2.34. The first-order valence-electron chi connectivity index (χ1n) is 3.99. The quantitative estimate of drug-likeness (QED) is 0.640. The zero-order valence-corrected chi connectivity index (χ0v) is 7.01. The monoisotopic (exact) mass is 215 g/mol. The summed E-state index contributed by atoms with van der Waals surface area (Å²) in [7, 11) is 0. The number of hydrogen-bond acceptors (Lipinski definition) is 2. The zero-order chi connectivity index (χ0) is 10.9. The zero-order valence-electron chi connectivity index (χ0n) is 7.01. The molecule has 0 aromatic rings. The molecule has 3 unspecified atom stereocenters. The van der Waals surface area contributed by atoms with Crippen LogP contribution in [0.2, 0.25) is 0 Å². The molecule has 1 aliphatic heterocycles. The van der Waals surface area contributed by atoms with E-state index in [9.17, 15) is 22.4 Å². The van der Waals surface area contributed by atoms with E-state index in [1.165, 1.54) is 0 Å². The molecule has 0 amide bonds. The van der Waals surface area contributed by atoms with Crippen LogP contribution in [0.15, 0.2) is 0 Å². The van der Waals surface area contributed by atoms with Gasteiger partial charge in [-0.15, -0.1) is 0 Å². The van der Waals surface area contributed by atoms with Gasteiger partial charge in [-0.05, 0) is 6.42 Å². The van der Waals surface area contributed by atoms with Crippen LogP contribution in [0, 0.1) is 5.92 Å². The van der Waals surface area contributed by atoms with E-state index >= 15 is 0 Å². The Hall–Kier alpha value is -0.850. The highest BCUT2D eigenvalue weighted by molar-refractivity contribution is 5.74. The van der Waals surface area contributed by atoms with Gasteiger partial charge >= 0.3 is 12.1 Å². The maximum atomic E-state index is 12.9. The molecule has 0 aromatic carbocycles. The molecule has 82 valence electrons. The van der Waals surface area contributed by atoms with Crippen molar-refractivity contribution in [3.8, 4) is 0 Å². The number of carboxylic acids is 1. The molecule has 1 saturated heterocycles. The molecule has 0 radical (unpaired) electrons. The van der Waals surface area contributed by atoms with E-state index in [-0.39, 0.29) is 0 Å². The van der Waals surface area contributed by atoms with Crippen LogP contribution in [0.4, 0.5) is 17.6 Å². The second kappa shape index (κ2) is 3.72. The predicted molar refractivity (Wildman–Crippen MR) is 38.5 cm³/mol. The van der Waals surface area contributed by atoms with Crippen LogP contribution in [0.25, 0.3) is 0 Å². The molecular weight excluding hydrogens is 206 g/mol. The standard InChI is InChI=1S/C7H9F4NO2/c8-4-1-3(7(9,10)11)2-12-5(4)6(13)14/h3-5,12H,1-2H2,(H,13,14). The van der Waals surface area contributed by atoms with E-state index in [0.29, 0.717) is 0 Å². The highest BCUT2D eigenvalue weighted by atomic mass is 19.4. The predicted octanol–water partition coefficient (Wildman–Crippen LogP) is 0.949. The van der Waals surface area contributed by atoms with Crippen LogP contribution >= 0.6 is 0 Å². The molecule has 0 saturated carbocycles. The van der Waals surface area contributed by atoms with Crippen molar-refractivity contribution in [2.75, 3.05) is 6.54 Å². The fraction of sp³-hybridized carbons (Fsp3) is 0.857. The summed E-state index contributed by atoms with van der Waals surface area (Å²) in [4.78, 5) is 10.3. The van der Waals surface area contributed by atoms with Crippen LogP contribution in [0.1, 0.15) is 6.42 Å². The Morgan fingerprint density at radius 1 is 1.43 bits per heavy atom. The molecule has 1 rings (SSSR count). The Morgan fingerprint density at radius 3 is 2.36 bits per heavy atom. The molecule has 14 heavy (non-hydrogen) atoms.